The molecule has 0 amide bonds. The zero-order chi connectivity index (χ0) is 18.1. The molecule has 1 aromatic heterocycles. The molecule has 0 radical (unpaired) electrons. The summed E-state index contributed by atoms with van der Waals surface area (Å²) in [4.78, 5) is 24.9. The van der Waals surface area contributed by atoms with E-state index in [9.17, 15) is 9.59 Å². The number of fused-ring (bicyclic) bond motifs is 1. The van der Waals surface area contributed by atoms with Crippen molar-refractivity contribution >= 4 is 28.5 Å². The van der Waals surface area contributed by atoms with E-state index < -0.39 is 5.76 Å². The van der Waals surface area contributed by atoms with Gasteiger partial charge in [0, 0.05) is 11.1 Å². The highest BCUT2D eigenvalue weighted by Gasteiger charge is 2.16. The number of aromatic nitrogens is 1. The van der Waals surface area contributed by atoms with Gasteiger partial charge in [-0.05, 0) is 35.9 Å². The van der Waals surface area contributed by atoms with Crippen LogP contribution in [0.2, 0.25) is 5.02 Å². The normalized spacial score (nSPS) is 11.0. The predicted octanol–water partition coefficient (Wildman–Crippen LogP) is 4.53. The Balaban J connectivity index is 1.74. The van der Waals surface area contributed by atoms with Crippen molar-refractivity contribution in [3.8, 4) is 0 Å². The molecule has 0 bridgehead atoms. The van der Waals surface area contributed by atoms with Gasteiger partial charge in [-0.3, -0.25) is 9.36 Å². The van der Waals surface area contributed by atoms with Gasteiger partial charge in [0.2, 0.25) is 0 Å². The monoisotopic (exact) mass is 363 g/mol. The minimum absolute atomic E-state index is 0.212. The van der Waals surface area contributed by atoms with Gasteiger partial charge in [0.25, 0.3) is 0 Å². The fourth-order valence-corrected chi connectivity index (χ4v) is 3.15. The van der Waals surface area contributed by atoms with Crippen LogP contribution in [0.1, 0.15) is 21.5 Å². The second kappa shape index (κ2) is 6.65. The molecule has 128 valence electrons. The van der Waals surface area contributed by atoms with Gasteiger partial charge in [-0.1, -0.05) is 54.1 Å². The van der Waals surface area contributed by atoms with Crippen molar-refractivity contribution < 1.29 is 9.21 Å². The first-order chi connectivity index (χ1) is 12.6. The SMILES string of the molecule is O=C(c1ccc2c(c1)oc(=O)n2Cc1ccccc1)c1ccccc1Cl. The smallest absolute Gasteiger partial charge is 0.408 e. The number of nitrogens with zero attached hydrogens (tertiary/aromatic N) is 1. The third kappa shape index (κ3) is 2.95. The van der Waals surface area contributed by atoms with Gasteiger partial charge in [-0.15, -0.1) is 0 Å². The summed E-state index contributed by atoms with van der Waals surface area (Å²) in [6, 6.07) is 21.5. The third-order valence-corrected chi connectivity index (χ3v) is 4.56. The molecule has 0 atom stereocenters. The topological polar surface area (TPSA) is 52.2 Å². The number of carbonyl (C=O) groups excluding carboxylic acids is 1. The number of oxazole rings is 1. The molecule has 3 aromatic carbocycles. The van der Waals surface area contributed by atoms with Crippen molar-refractivity contribution in [2.24, 2.45) is 0 Å². The fraction of sp³-hybridized carbons (Fsp3) is 0.0476. The molecule has 0 saturated carbocycles. The number of hydrogen-bond acceptors (Lipinski definition) is 3. The number of hydrogen-bond donors (Lipinski definition) is 0. The van der Waals surface area contributed by atoms with Crippen LogP contribution in [0.25, 0.3) is 11.1 Å². The quantitative estimate of drug-likeness (QED) is 0.501. The van der Waals surface area contributed by atoms with Crippen molar-refractivity contribution in [3.05, 3.63) is 105 Å². The second-order valence-electron chi connectivity index (χ2n) is 5.93. The lowest BCUT2D eigenvalue weighted by atomic mass is 10.0. The average molecular weight is 364 g/mol. The van der Waals surface area contributed by atoms with Gasteiger partial charge < -0.3 is 4.42 Å². The molecule has 0 aliphatic rings. The van der Waals surface area contributed by atoms with E-state index >= 15 is 0 Å². The summed E-state index contributed by atoms with van der Waals surface area (Å²) in [5.41, 5.74) is 2.86. The Morgan fingerprint density at radius 1 is 0.962 bits per heavy atom. The number of halogens is 1. The summed E-state index contributed by atoms with van der Waals surface area (Å²) in [5.74, 6) is -0.665. The van der Waals surface area contributed by atoms with Crippen LogP contribution in [0.3, 0.4) is 0 Å². The van der Waals surface area contributed by atoms with Crippen LogP contribution in [-0.2, 0) is 6.54 Å². The van der Waals surface area contributed by atoms with E-state index in [0.717, 1.165) is 5.56 Å². The Morgan fingerprint density at radius 2 is 1.69 bits per heavy atom. The molecule has 0 spiro atoms. The summed E-state index contributed by atoms with van der Waals surface area (Å²) < 4.78 is 6.90. The Bertz CT molecular complexity index is 1160. The fourth-order valence-electron chi connectivity index (χ4n) is 2.92. The van der Waals surface area contributed by atoms with E-state index in [1.807, 2.05) is 30.3 Å². The molecule has 0 aliphatic carbocycles. The number of benzene rings is 3. The largest absolute Gasteiger partial charge is 0.420 e. The lowest BCUT2D eigenvalue weighted by Crippen LogP contribution is -2.14. The van der Waals surface area contributed by atoms with E-state index in [-0.39, 0.29) is 5.78 Å². The lowest BCUT2D eigenvalue weighted by molar-refractivity contribution is 0.103. The predicted molar refractivity (Wildman–Crippen MR) is 101 cm³/mol. The highest BCUT2D eigenvalue weighted by atomic mass is 35.5. The number of carbonyl (C=O) groups is 1. The molecule has 4 rings (SSSR count). The van der Waals surface area contributed by atoms with Crippen LogP contribution in [-0.4, -0.2) is 10.4 Å². The van der Waals surface area contributed by atoms with E-state index in [2.05, 4.69) is 0 Å². The molecule has 0 fully saturated rings. The Labute approximate surface area is 154 Å². The molecule has 0 saturated heterocycles. The van der Waals surface area contributed by atoms with Crippen molar-refractivity contribution in [3.63, 3.8) is 0 Å². The maximum absolute atomic E-state index is 12.7. The second-order valence-corrected chi connectivity index (χ2v) is 6.34. The van der Waals surface area contributed by atoms with Crippen molar-refractivity contribution in [2.75, 3.05) is 0 Å². The van der Waals surface area contributed by atoms with Gasteiger partial charge in [0.1, 0.15) is 0 Å². The first-order valence-electron chi connectivity index (χ1n) is 8.10. The van der Waals surface area contributed by atoms with Crippen LogP contribution in [0.15, 0.2) is 82.0 Å². The maximum Gasteiger partial charge on any atom is 0.420 e. The van der Waals surface area contributed by atoms with Gasteiger partial charge in [-0.25, -0.2) is 4.79 Å². The Hall–Kier alpha value is -3.11. The van der Waals surface area contributed by atoms with Crippen molar-refractivity contribution in [2.45, 2.75) is 6.54 Å². The first kappa shape index (κ1) is 16.4. The molecule has 0 aliphatic heterocycles. The zero-order valence-corrected chi connectivity index (χ0v) is 14.4. The lowest BCUT2D eigenvalue weighted by Gasteiger charge is -2.05. The minimum Gasteiger partial charge on any atom is -0.408 e. The number of ketones is 1. The molecule has 0 N–H and O–H groups in total. The minimum atomic E-state index is -0.453. The van der Waals surface area contributed by atoms with Crippen LogP contribution >= 0.6 is 11.6 Å². The van der Waals surface area contributed by atoms with Gasteiger partial charge >= 0.3 is 5.76 Å². The molecule has 4 aromatic rings. The molecule has 0 unspecified atom stereocenters. The van der Waals surface area contributed by atoms with E-state index in [1.165, 1.54) is 0 Å². The average Bonchev–Trinajstić information content (AvgIpc) is 2.97. The van der Waals surface area contributed by atoms with Gasteiger partial charge in [0.05, 0.1) is 17.1 Å². The van der Waals surface area contributed by atoms with Crippen LogP contribution in [0.5, 0.6) is 0 Å². The van der Waals surface area contributed by atoms with Crippen molar-refractivity contribution in [1.82, 2.24) is 4.57 Å². The highest BCUT2D eigenvalue weighted by Crippen LogP contribution is 2.22. The molecule has 5 heteroatoms. The standard InChI is InChI=1S/C21H14ClNO3/c22-17-9-5-4-8-16(17)20(24)15-10-11-18-19(12-15)26-21(25)23(18)13-14-6-2-1-3-7-14/h1-12H,13H2. The van der Waals surface area contributed by atoms with Crippen molar-refractivity contribution in [1.29, 1.82) is 0 Å². The maximum atomic E-state index is 12.7. The first-order valence-corrected chi connectivity index (χ1v) is 8.48. The summed E-state index contributed by atoms with van der Waals surface area (Å²) in [6.45, 7) is 0.407. The van der Waals surface area contributed by atoms with Gasteiger partial charge in [-0.2, -0.15) is 0 Å². The summed E-state index contributed by atoms with van der Waals surface area (Å²) in [6.07, 6.45) is 0. The molecular formula is C21H14ClNO3. The van der Waals surface area contributed by atoms with E-state index in [1.54, 1.807) is 47.0 Å². The van der Waals surface area contributed by atoms with Gasteiger partial charge in [0.15, 0.2) is 11.4 Å². The molecule has 4 nitrogen and oxygen atoms in total. The summed E-state index contributed by atoms with van der Waals surface area (Å²) in [5, 5.41) is 0.390. The molecule has 1 heterocycles. The van der Waals surface area contributed by atoms with E-state index in [0.29, 0.717) is 33.8 Å². The Morgan fingerprint density at radius 3 is 2.46 bits per heavy atom. The van der Waals surface area contributed by atoms with Crippen LogP contribution < -0.4 is 5.76 Å². The summed E-state index contributed by atoms with van der Waals surface area (Å²) in [7, 11) is 0. The highest BCUT2D eigenvalue weighted by molar-refractivity contribution is 6.35. The van der Waals surface area contributed by atoms with Crippen LogP contribution in [0.4, 0.5) is 0 Å². The summed E-state index contributed by atoms with van der Waals surface area (Å²) >= 11 is 6.11. The van der Waals surface area contributed by atoms with Crippen LogP contribution in [0, 0.1) is 0 Å². The third-order valence-electron chi connectivity index (χ3n) is 4.23. The zero-order valence-electron chi connectivity index (χ0n) is 13.7. The molecule has 26 heavy (non-hydrogen) atoms. The number of rotatable bonds is 4. The van der Waals surface area contributed by atoms with E-state index in [4.69, 9.17) is 16.0 Å². The Kier molecular flexibility index (Phi) is 4.19. The molecular weight excluding hydrogens is 350 g/mol.